The summed E-state index contributed by atoms with van der Waals surface area (Å²) in [5.41, 5.74) is 6.58. The lowest BCUT2D eigenvalue weighted by Crippen LogP contribution is -2.35. The predicted octanol–water partition coefficient (Wildman–Crippen LogP) is 0.449. The minimum atomic E-state index is -0.608. The second-order valence-corrected chi connectivity index (χ2v) is 3.17. The van der Waals surface area contributed by atoms with Gasteiger partial charge in [-0.2, -0.15) is 0 Å². The van der Waals surface area contributed by atoms with Gasteiger partial charge >= 0.3 is 0 Å². The summed E-state index contributed by atoms with van der Waals surface area (Å²) in [7, 11) is 1.59. The van der Waals surface area contributed by atoms with E-state index in [0.717, 1.165) is 5.56 Å². The number of benzene rings is 1. The van der Waals surface area contributed by atoms with Crippen LogP contribution in [0.4, 0.5) is 0 Å². The van der Waals surface area contributed by atoms with Gasteiger partial charge < -0.3 is 15.8 Å². The van der Waals surface area contributed by atoms with Gasteiger partial charge in [0.2, 0.25) is 5.91 Å². The number of nitrogens with two attached hydrogens (primary N) is 1. The van der Waals surface area contributed by atoms with Crippen LogP contribution in [-0.4, -0.2) is 26.2 Å². The van der Waals surface area contributed by atoms with Crippen molar-refractivity contribution in [2.75, 3.05) is 20.3 Å². The Balaban J connectivity index is 2.46. The summed E-state index contributed by atoms with van der Waals surface area (Å²) in [6.45, 7) is 0.975. The number of carbonyl (C=O) groups excluding carboxylic acids is 1. The Labute approximate surface area is 89.4 Å². The van der Waals surface area contributed by atoms with Crippen LogP contribution in [0.15, 0.2) is 30.3 Å². The Morgan fingerprint density at radius 3 is 2.73 bits per heavy atom. The first-order chi connectivity index (χ1) is 7.25. The molecule has 4 heteroatoms. The third kappa shape index (κ3) is 3.69. The van der Waals surface area contributed by atoms with E-state index in [0.29, 0.717) is 13.2 Å². The molecule has 1 aromatic rings. The largest absolute Gasteiger partial charge is 0.383 e. The summed E-state index contributed by atoms with van der Waals surface area (Å²) in [5, 5.41) is 2.69. The topological polar surface area (TPSA) is 64.3 Å². The molecule has 0 aliphatic rings. The molecule has 0 radical (unpaired) electrons. The number of ether oxygens (including phenoxy) is 1. The van der Waals surface area contributed by atoms with E-state index in [9.17, 15) is 4.79 Å². The van der Waals surface area contributed by atoms with Gasteiger partial charge in [0.05, 0.1) is 6.61 Å². The number of amides is 1. The zero-order valence-corrected chi connectivity index (χ0v) is 8.77. The van der Waals surface area contributed by atoms with Crippen molar-refractivity contribution in [2.24, 2.45) is 5.73 Å². The number of hydrogen-bond donors (Lipinski definition) is 2. The first-order valence-corrected chi connectivity index (χ1v) is 4.83. The lowest BCUT2D eigenvalue weighted by atomic mass is 10.1. The Morgan fingerprint density at radius 2 is 2.13 bits per heavy atom. The van der Waals surface area contributed by atoms with Gasteiger partial charge in [-0.25, -0.2) is 0 Å². The minimum Gasteiger partial charge on any atom is -0.383 e. The van der Waals surface area contributed by atoms with Gasteiger partial charge in [-0.1, -0.05) is 30.3 Å². The highest BCUT2D eigenvalue weighted by Gasteiger charge is 2.13. The van der Waals surface area contributed by atoms with E-state index in [-0.39, 0.29) is 5.91 Å². The standard InChI is InChI=1S/C11H16N2O2/c1-15-8-7-13-11(14)10(12)9-5-3-2-4-6-9/h2-6,10H,7-8,12H2,1H3,(H,13,14)/t10-/m1/s1. The van der Waals surface area contributed by atoms with Gasteiger partial charge in [-0.3, -0.25) is 4.79 Å². The van der Waals surface area contributed by atoms with Crippen molar-refractivity contribution in [3.63, 3.8) is 0 Å². The van der Waals surface area contributed by atoms with E-state index in [4.69, 9.17) is 10.5 Å². The van der Waals surface area contributed by atoms with Crippen molar-refractivity contribution >= 4 is 5.91 Å². The van der Waals surface area contributed by atoms with E-state index in [2.05, 4.69) is 5.32 Å². The molecule has 0 aliphatic heterocycles. The van der Waals surface area contributed by atoms with Crippen LogP contribution in [-0.2, 0) is 9.53 Å². The number of methoxy groups -OCH3 is 1. The van der Waals surface area contributed by atoms with Crippen LogP contribution in [0.5, 0.6) is 0 Å². The zero-order chi connectivity index (χ0) is 11.1. The molecule has 1 rings (SSSR count). The quantitative estimate of drug-likeness (QED) is 0.690. The van der Waals surface area contributed by atoms with Gasteiger partial charge in [-0.05, 0) is 5.56 Å². The van der Waals surface area contributed by atoms with Crippen molar-refractivity contribution in [1.82, 2.24) is 5.32 Å². The fourth-order valence-corrected chi connectivity index (χ4v) is 1.20. The molecule has 0 saturated carbocycles. The number of rotatable bonds is 5. The molecule has 0 fully saturated rings. The van der Waals surface area contributed by atoms with Gasteiger partial charge in [0.25, 0.3) is 0 Å². The second-order valence-electron chi connectivity index (χ2n) is 3.17. The average molecular weight is 208 g/mol. The van der Waals surface area contributed by atoms with Crippen molar-refractivity contribution in [3.8, 4) is 0 Å². The second kappa shape index (κ2) is 6.16. The number of carbonyl (C=O) groups is 1. The molecule has 0 saturated heterocycles. The van der Waals surface area contributed by atoms with Crippen molar-refractivity contribution in [3.05, 3.63) is 35.9 Å². The summed E-state index contributed by atoms with van der Waals surface area (Å²) in [6.07, 6.45) is 0. The van der Waals surface area contributed by atoms with Gasteiger partial charge in [0, 0.05) is 13.7 Å². The summed E-state index contributed by atoms with van der Waals surface area (Å²) >= 11 is 0. The SMILES string of the molecule is COCCNC(=O)[C@H](N)c1ccccc1. The molecule has 15 heavy (non-hydrogen) atoms. The van der Waals surface area contributed by atoms with E-state index in [1.54, 1.807) is 7.11 Å². The molecule has 4 nitrogen and oxygen atoms in total. The van der Waals surface area contributed by atoms with Crippen LogP contribution in [0.25, 0.3) is 0 Å². The fourth-order valence-electron chi connectivity index (χ4n) is 1.20. The monoisotopic (exact) mass is 208 g/mol. The molecular weight excluding hydrogens is 192 g/mol. The molecule has 0 heterocycles. The van der Waals surface area contributed by atoms with E-state index >= 15 is 0 Å². The number of nitrogens with one attached hydrogen (secondary N) is 1. The van der Waals surface area contributed by atoms with Crippen molar-refractivity contribution < 1.29 is 9.53 Å². The molecule has 3 N–H and O–H groups in total. The maximum absolute atomic E-state index is 11.5. The molecule has 0 unspecified atom stereocenters. The Hall–Kier alpha value is -1.39. The van der Waals surface area contributed by atoms with E-state index in [1.165, 1.54) is 0 Å². The fraction of sp³-hybridized carbons (Fsp3) is 0.364. The van der Waals surface area contributed by atoms with Gasteiger partial charge in [-0.15, -0.1) is 0 Å². The first kappa shape index (κ1) is 11.7. The highest BCUT2D eigenvalue weighted by molar-refractivity contribution is 5.82. The summed E-state index contributed by atoms with van der Waals surface area (Å²) in [5.74, 6) is -0.182. The summed E-state index contributed by atoms with van der Waals surface area (Å²) in [6, 6.07) is 8.66. The number of hydrogen-bond acceptors (Lipinski definition) is 3. The molecule has 0 aromatic heterocycles. The maximum Gasteiger partial charge on any atom is 0.241 e. The predicted molar refractivity (Wildman–Crippen MR) is 58.3 cm³/mol. The van der Waals surface area contributed by atoms with E-state index < -0.39 is 6.04 Å². The van der Waals surface area contributed by atoms with Crippen LogP contribution in [0, 0.1) is 0 Å². The smallest absolute Gasteiger partial charge is 0.241 e. The van der Waals surface area contributed by atoms with Crippen LogP contribution >= 0.6 is 0 Å². The highest BCUT2D eigenvalue weighted by atomic mass is 16.5. The first-order valence-electron chi connectivity index (χ1n) is 4.83. The lowest BCUT2D eigenvalue weighted by Gasteiger charge is -2.11. The van der Waals surface area contributed by atoms with Crippen LogP contribution < -0.4 is 11.1 Å². The van der Waals surface area contributed by atoms with Crippen LogP contribution in [0.3, 0.4) is 0 Å². The third-order valence-electron chi connectivity index (χ3n) is 2.05. The third-order valence-corrected chi connectivity index (χ3v) is 2.05. The molecule has 1 atom stereocenters. The molecule has 1 amide bonds. The van der Waals surface area contributed by atoms with Crippen molar-refractivity contribution in [2.45, 2.75) is 6.04 Å². The van der Waals surface area contributed by atoms with E-state index in [1.807, 2.05) is 30.3 Å². The lowest BCUT2D eigenvalue weighted by molar-refractivity contribution is -0.122. The molecule has 1 aromatic carbocycles. The Bertz CT molecular complexity index is 301. The Morgan fingerprint density at radius 1 is 1.47 bits per heavy atom. The molecule has 0 spiro atoms. The molecule has 0 aliphatic carbocycles. The molecule has 0 bridgehead atoms. The van der Waals surface area contributed by atoms with Crippen molar-refractivity contribution in [1.29, 1.82) is 0 Å². The average Bonchev–Trinajstić information content (AvgIpc) is 2.29. The van der Waals surface area contributed by atoms with Gasteiger partial charge in [0.1, 0.15) is 6.04 Å². The normalized spacial score (nSPS) is 12.1. The summed E-state index contributed by atoms with van der Waals surface area (Å²) < 4.78 is 4.82. The zero-order valence-electron chi connectivity index (χ0n) is 8.77. The summed E-state index contributed by atoms with van der Waals surface area (Å²) in [4.78, 5) is 11.5. The minimum absolute atomic E-state index is 0.182. The van der Waals surface area contributed by atoms with Gasteiger partial charge in [0.15, 0.2) is 0 Å². The van der Waals surface area contributed by atoms with Crippen LogP contribution in [0.2, 0.25) is 0 Å². The highest BCUT2D eigenvalue weighted by Crippen LogP contribution is 2.08. The molecular formula is C11H16N2O2. The molecule has 82 valence electrons. The van der Waals surface area contributed by atoms with Crippen LogP contribution in [0.1, 0.15) is 11.6 Å². The maximum atomic E-state index is 11.5. The Kier molecular flexibility index (Phi) is 4.80.